The van der Waals surface area contributed by atoms with Crippen LogP contribution >= 0.6 is 0 Å². The fraction of sp³-hybridized carbons (Fsp3) is 0.500. The molecule has 2 N–H and O–H groups in total. The predicted octanol–water partition coefficient (Wildman–Crippen LogP) is 2.17. The molecule has 0 fully saturated rings. The zero-order chi connectivity index (χ0) is 12.7. The summed E-state index contributed by atoms with van der Waals surface area (Å²) >= 11 is 0. The summed E-state index contributed by atoms with van der Waals surface area (Å²) in [5.74, 6) is 0.108. The van der Waals surface area contributed by atoms with Gasteiger partial charge in [0, 0.05) is 25.6 Å². The van der Waals surface area contributed by atoms with Crippen LogP contribution in [0.5, 0.6) is 0 Å². The van der Waals surface area contributed by atoms with Gasteiger partial charge in [0.2, 0.25) is 5.91 Å². The highest BCUT2D eigenvalue weighted by Crippen LogP contribution is 2.16. The number of hydrogen-bond donors (Lipinski definition) is 2. The maximum absolute atomic E-state index is 11.3. The van der Waals surface area contributed by atoms with E-state index in [4.69, 9.17) is 0 Å². The van der Waals surface area contributed by atoms with Crippen molar-refractivity contribution in [3.63, 3.8) is 0 Å². The Kier molecular flexibility index (Phi) is 5.70. The molecule has 0 radical (unpaired) electrons. The average Bonchev–Trinajstić information content (AvgIpc) is 2.29. The molecule has 1 aromatic rings. The van der Waals surface area contributed by atoms with Gasteiger partial charge in [0.15, 0.2) is 0 Å². The molecule has 3 nitrogen and oxygen atoms in total. The van der Waals surface area contributed by atoms with Crippen LogP contribution in [-0.4, -0.2) is 19.0 Å². The van der Waals surface area contributed by atoms with Gasteiger partial charge in [-0.25, -0.2) is 0 Å². The molecule has 1 amide bonds. The number of aryl methyl sites for hydroxylation is 1. The smallest absolute Gasteiger partial charge is 0.221 e. The highest BCUT2D eigenvalue weighted by molar-refractivity contribution is 5.75. The SMILES string of the molecule is CCNC(=O)CCN[C@H](C)c1ccccc1C. The summed E-state index contributed by atoms with van der Waals surface area (Å²) in [6.45, 7) is 7.58. The molecule has 1 aromatic carbocycles. The molecule has 0 aliphatic carbocycles. The summed E-state index contributed by atoms with van der Waals surface area (Å²) < 4.78 is 0. The second kappa shape index (κ2) is 7.07. The van der Waals surface area contributed by atoms with Crippen LogP contribution in [0.1, 0.15) is 37.4 Å². The number of carbonyl (C=O) groups excluding carboxylic acids is 1. The molecule has 0 aliphatic heterocycles. The number of rotatable bonds is 6. The van der Waals surface area contributed by atoms with E-state index in [1.165, 1.54) is 11.1 Å². The first-order valence-corrected chi connectivity index (χ1v) is 6.20. The van der Waals surface area contributed by atoms with Gasteiger partial charge in [-0.2, -0.15) is 0 Å². The van der Waals surface area contributed by atoms with Crippen molar-refractivity contribution in [1.29, 1.82) is 0 Å². The van der Waals surface area contributed by atoms with Gasteiger partial charge in [-0.1, -0.05) is 24.3 Å². The quantitative estimate of drug-likeness (QED) is 0.792. The molecule has 0 saturated carbocycles. The Morgan fingerprint density at radius 2 is 2.06 bits per heavy atom. The molecule has 1 atom stereocenters. The Labute approximate surface area is 104 Å². The van der Waals surface area contributed by atoms with Gasteiger partial charge in [-0.15, -0.1) is 0 Å². The van der Waals surface area contributed by atoms with E-state index in [9.17, 15) is 4.79 Å². The van der Waals surface area contributed by atoms with Gasteiger partial charge in [0.1, 0.15) is 0 Å². The molecule has 0 aliphatic rings. The largest absolute Gasteiger partial charge is 0.356 e. The maximum atomic E-state index is 11.3. The van der Waals surface area contributed by atoms with E-state index in [0.717, 1.165) is 0 Å². The number of amides is 1. The molecule has 0 unspecified atom stereocenters. The maximum Gasteiger partial charge on any atom is 0.221 e. The molecule has 0 bridgehead atoms. The van der Waals surface area contributed by atoms with Gasteiger partial charge in [0.25, 0.3) is 0 Å². The van der Waals surface area contributed by atoms with E-state index in [-0.39, 0.29) is 11.9 Å². The number of carbonyl (C=O) groups is 1. The van der Waals surface area contributed by atoms with E-state index in [0.29, 0.717) is 19.5 Å². The summed E-state index contributed by atoms with van der Waals surface area (Å²) in [6.07, 6.45) is 0.532. The van der Waals surface area contributed by atoms with Crippen LogP contribution in [0.15, 0.2) is 24.3 Å². The first-order valence-electron chi connectivity index (χ1n) is 6.20. The number of hydrogen-bond acceptors (Lipinski definition) is 2. The summed E-state index contributed by atoms with van der Waals surface area (Å²) in [6, 6.07) is 8.60. The fourth-order valence-corrected chi connectivity index (χ4v) is 1.87. The zero-order valence-corrected chi connectivity index (χ0v) is 10.9. The van der Waals surface area contributed by atoms with E-state index < -0.39 is 0 Å². The average molecular weight is 234 g/mol. The summed E-state index contributed by atoms with van der Waals surface area (Å²) in [5.41, 5.74) is 2.58. The fourth-order valence-electron chi connectivity index (χ4n) is 1.87. The summed E-state index contributed by atoms with van der Waals surface area (Å²) in [4.78, 5) is 11.3. The standard InChI is InChI=1S/C14H22N2O/c1-4-15-14(17)9-10-16-12(3)13-8-6-5-7-11(13)2/h5-8,12,16H,4,9-10H2,1-3H3,(H,15,17)/t12-/m1/s1. The van der Waals surface area contributed by atoms with Crippen LogP contribution < -0.4 is 10.6 Å². The third kappa shape index (κ3) is 4.57. The normalized spacial score (nSPS) is 12.2. The van der Waals surface area contributed by atoms with Crippen molar-refractivity contribution >= 4 is 5.91 Å². The molecule has 1 rings (SSSR count). The van der Waals surface area contributed by atoms with Crippen molar-refractivity contribution in [3.8, 4) is 0 Å². The van der Waals surface area contributed by atoms with Crippen LogP contribution in [0, 0.1) is 6.92 Å². The van der Waals surface area contributed by atoms with E-state index in [2.05, 4.69) is 36.6 Å². The van der Waals surface area contributed by atoms with E-state index in [1.54, 1.807) is 0 Å². The number of benzene rings is 1. The van der Waals surface area contributed by atoms with Gasteiger partial charge in [-0.3, -0.25) is 4.79 Å². The third-order valence-corrected chi connectivity index (χ3v) is 2.83. The minimum atomic E-state index is 0.108. The highest BCUT2D eigenvalue weighted by Gasteiger charge is 2.07. The Bertz CT molecular complexity index is 363. The topological polar surface area (TPSA) is 41.1 Å². The minimum Gasteiger partial charge on any atom is -0.356 e. The van der Waals surface area contributed by atoms with Crippen molar-refractivity contribution in [1.82, 2.24) is 10.6 Å². The lowest BCUT2D eigenvalue weighted by molar-refractivity contribution is -0.120. The Morgan fingerprint density at radius 1 is 1.35 bits per heavy atom. The van der Waals surface area contributed by atoms with Crippen LogP contribution in [0.25, 0.3) is 0 Å². The summed E-state index contributed by atoms with van der Waals surface area (Å²) in [5, 5.41) is 6.16. The summed E-state index contributed by atoms with van der Waals surface area (Å²) in [7, 11) is 0. The first kappa shape index (κ1) is 13.7. The second-order valence-corrected chi connectivity index (χ2v) is 4.24. The third-order valence-electron chi connectivity index (χ3n) is 2.83. The van der Waals surface area contributed by atoms with Crippen molar-refractivity contribution in [2.75, 3.05) is 13.1 Å². The van der Waals surface area contributed by atoms with Crippen LogP contribution in [0.4, 0.5) is 0 Å². The molecule has 0 aromatic heterocycles. The lowest BCUT2D eigenvalue weighted by Crippen LogP contribution is -2.28. The molecular formula is C14H22N2O. The van der Waals surface area contributed by atoms with Gasteiger partial charge < -0.3 is 10.6 Å². The molecule has 17 heavy (non-hydrogen) atoms. The molecule has 94 valence electrons. The van der Waals surface area contributed by atoms with E-state index >= 15 is 0 Å². The lowest BCUT2D eigenvalue weighted by Gasteiger charge is -2.16. The minimum absolute atomic E-state index is 0.108. The van der Waals surface area contributed by atoms with Crippen LogP contribution in [-0.2, 0) is 4.79 Å². The van der Waals surface area contributed by atoms with Crippen molar-refractivity contribution in [2.45, 2.75) is 33.2 Å². The molecule has 0 heterocycles. The molecular weight excluding hydrogens is 212 g/mol. The Balaban J connectivity index is 2.38. The molecule has 0 spiro atoms. The predicted molar refractivity (Wildman–Crippen MR) is 70.9 cm³/mol. The van der Waals surface area contributed by atoms with Gasteiger partial charge in [0.05, 0.1) is 0 Å². The van der Waals surface area contributed by atoms with Crippen molar-refractivity contribution < 1.29 is 4.79 Å². The Morgan fingerprint density at radius 3 is 2.71 bits per heavy atom. The van der Waals surface area contributed by atoms with Gasteiger partial charge >= 0.3 is 0 Å². The molecule has 0 saturated heterocycles. The van der Waals surface area contributed by atoms with Crippen molar-refractivity contribution in [2.24, 2.45) is 0 Å². The first-order chi connectivity index (χ1) is 8.15. The number of nitrogens with one attached hydrogen (secondary N) is 2. The zero-order valence-electron chi connectivity index (χ0n) is 10.9. The van der Waals surface area contributed by atoms with Crippen LogP contribution in [0.3, 0.4) is 0 Å². The molecule has 3 heteroatoms. The lowest BCUT2D eigenvalue weighted by atomic mass is 10.0. The van der Waals surface area contributed by atoms with Crippen molar-refractivity contribution in [3.05, 3.63) is 35.4 Å². The Hall–Kier alpha value is -1.35. The van der Waals surface area contributed by atoms with Gasteiger partial charge in [-0.05, 0) is 31.9 Å². The monoisotopic (exact) mass is 234 g/mol. The van der Waals surface area contributed by atoms with Crippen LogP contribution in [0.2, 0.25) is 0 Å². The van der Waals surface area contributed by atoms with E-state index in [1.807, 2.05) is 19.1 Å². The second-order valence-electron chi connectivity index (χ2n) is 4.24. The highest BCUT2D eigenvalue weighted by atomic mass is 16.1.